The number of halogens is 1. The van der Waals surface area contributed by atoms with Crippen molar-refractivity contribution < 1.29 is 19.1 Å². The minimum absolute atomic E-state index is 0.234. The van der Waals surface area contributed by atoms with E-state index in [4.69, 9.17) is 14.5 Å². The molecule has 1 aromatic heterocycles. The molecular formula is C33H28BrN3O5S. The number of hydrogen-bond donors (Lipinski definition) is 0. The lowest BCUT2D eigenvalue weighted by molar-refractivity contribution is -0.143. The minimum Gasteiger partial charge on any atom is -0.496 e. The Kier molecular flexibility index (Phi) is 7.66. The highest BCUT2D eigenvalue weighted by atomic mass is 79.9. The first-order valence-corrected chi connectivity index (χ1v) is 15.3. The van der Waals surface area contributed by atoms with E-state index in [-0.39, 0.29) is 22.1 Å². The molecule has 2 aliphatic rings. The van der Waals surface area contributed by atoms with E-state index in [1.54, 1.807) is 31.7 Å². The first-order valence-electron chi connectivity index (χ1n) is 13.7. The number of allylic oxidation sites excluding steroid dienone is 1. The van der Waals surface area contributed by atoms with Crippen LogP contribution < -0.4 is 24.5 Å². The third-order valence-corrected chi connectivity index (χ3v) is 8.93. The first-order chi connectivity index (χ1) is 20.7. The molecule has 0 bridgehead atoms. The van der Waals surface area contributed by atoms with Crippen LogP contribution in [0.1, 0.15) is 43.5 Å². The highest BCUT2D eigenvalue weighted by molar-refractivity contribution is 9.10. The van der Waals surface area contributed by atoms with Crippen molar-refractivity contribution in [3.05, 3.63) is 125 Å². The number of nitrogens with zero attached hydrogens (tertiary/aromatic N) is 3. The van der Waals surface area contributed by atoms with Gasteiger partial charge in [-0.05, 0) is 50.6 Å². The van der Waals surface area contributed by atoms with Crippen LogP contribution in [0.4, 0.5) is 5.69 Å². The third kappa shape index (κ3) is 5.04. The summed E-state index contributed by atoms with van der Waals surface area (Å²) in [6.45, 7) is 5.63. The Bertz CT molecular complexity index is 1990. The number of rotatable bonds is 6. The zero-order chi connectivity index (χ0) is 30.4. The van der Waals surface area contributed by atoms with Gasteiger partial charge in [-0.3, -0.25) is 14.2 Å². The zero-order valence-corrected chi connectivity index (χ0v) is 26.4. The van der Waals surface area contributed by atoms with Crippen molar-refractivity contribution in [2.45, 2.75) is 39.5 Å². The smallest absolute Gasteiger partial charge is 0.338 e. The number of amides is 1. The Morgan fingerprint density at radius 2 is 1.77 bits per heavy atom. The van der Waals surface area contributed by atoms with Gasteiger partial charge in [0.1, 0.15) is 16.3 Å². The average molecular weight is 659 g/mol. The van der Waals surface area contributed by atoms with Crippen LogP contribution in [0, 0.1) is 0 Å². The number of anilines is 1. The van der Waals surface area contributed by atoms with Gasteiger partial charge in [-0.25, -0.2) is 9.79 Å². The molecule has 0 unspecified atom stereocenters. The summed E-state index contributed by atoms with van der Waals surface area (Å²) in [6, 6.07) is 21.7. The van der Waals surface area contributed by atoms with E-state index in [1.165, 1.54) is 11.7 Å². The molecule has 4 aromatic rings. The Hall–Kier alpha value is -4.28. The number of carbonyl (C=O) groups excluding carboxylic acids is 2. The third-order valence-electron chi connectivity index (χ3n) is 7.38. The van der Waals surface area contributed by atoms with Gasteiger partial charge in [-0.2, -0.15) is 0 Å². The van der Waals surface area contributed by atoms with E-state index in [0.29, 0.717) is 39.5 Å². The molecule has 218 valence electrons. The molecule has 1 atom stereocenters. The van der Waals surface area contributed by atoms with Crippen LogP contribution in [-0.2, 0) is 20.9 Å². The normalized spacial score (nSPS) is 17.1. The van der Waals surface area contributed by atoms with E-state index >= 15 is 0 Å². The average Bonchev–Trinajstić information content (AvgIpc) is 3.44. The summed E-state index contributed by atoms with van der Waals surface area (Å²) in [7, 11) is 1.54. The monoisotopic (exact) mass is 657 g/mol. The highest BCUT2D eigenvalue weighted by Gasteiger charge is 2.38. The van der Waals surface area contributed by atoms with Crippen molar-refractivity contribution >= 4 is 50.4 Å². The zero-order valence-electron chi connectivity index (χ0n) is 24.0. The standard InChI is InChI=1S/C33H28BrN3O5S/c1-18(2)42-32(40)26-19(3)35-33-37(28(26)23-16-21(34)14-15-25(23)41-4)31(39)29(43-33)27-22-12-8-9-13-24(22)36(30(27)38)17-20-10-6-5-7-11-20/h5-16,18,28H,17H2,1-4H3/b29-27+/t28-/m1/s1. The Labute approximate surface area is 260 Å². The van der Waals surface area contributed by atoms with Gasteiger partial charge < -0.3 is 14.4 Å². The van der Waals surface area contributed by atoms with E-state index in [1.807, 2.05) is 66.7 Å². The summed E-state index contributed by atoms with van der Waals surface area (Å²) in [5.74, 6) is -0.341. The number of para-hydroxylation sites is 1. The van der Waals surface area contributed by atoms with Crippen molar-refractivity contribution in [3.63, 3.8) is 0 Å². The maximum absolute atomic E-state index is 14.5. The van der Waals surface area contributed by atoms with E-state index in [0.717, 1.165) is 27.1 Å². The van der Waals surface area contributed by atoms with Gasteiger partial charge in [0.15, 0.2) is 4.80 Å². The summed E-state index contributed by atoms with van der Waals surface area (Å²) in [6.07, 6.45) is -0.382. The second-order valence-corrected chi connectivity index (χ2v) is 12.4. The SMILES string of the molecule is COc1ccc(Br)cc1[C@@H]1C(C(=O)OC(C)C)=C(C)N=c2s/c(=C3/C(=O)N(Cc4ccccc4)c4ccccc43)c(=O)n21. The lowest BCUT2D eigenvalue weighted by atomic mass is 9.95. The highest BCUT2D eigenvalue weighted by Crippen LogP contribution is 2.39. The predicted octanol–water partition coefficient (Wildman–Crippen LogP) is 4.87. The van der Waals surface area contributed by atoms with E-state index in [9.17, 15) is 14.4 Å². The molecule has 6 rings (SSSR count). The number of fused-ring (bicyclic) bond motifs is 2. The molecule has 3 heterocycles. The summed E-state index contributed by atoms with van der Waals surface area (Å²) >= 11 is 4.67. The molecule has 0 radical (unpaired) electrons. The second kappa shape index (κ2) is 11.4. The summed E-state index contributed by atoms with van der Waals surface area (Å²) in [5.41, 5.74) is 3.54. The molecule has 43 heavy (non-hydrogen) atoms. The van der Waals surface area contributed by atoms with Crippen molar-refractivity contribution in [2.75, 3.05) is 12.0 Å². The van der Waals surface area contributed by atoms with Gasteiger partial charge >= 0.3 is 5.97 Å². The van der Waals surface area contributed by atoms with Gasteiger partial charge in [0.2, 0.25) is 0 Å². The van der Waals surface area contributed by atoms with Gasteiger partial charge in [0, 0.05) is 15.6 Å². The van der Waals surface area contributed by atoms with Crippen LogP contribution >= 0.6 is 27.3 Å². The van der Waals surface area contributed by atoms with Gasteiger partial charge in [-0.1, -0.05) is 75.8 Å². The summed E-state index contributed by atoms with van der Waals surface area (Å²) in [5, 5.41) is 0. The topological polar surface area (TPSA) is 90.2 Å². The number of benzene rings is 3. The lowest BCUT2D eigenvalue weighted by Crippen LogP contribution is -2.41. The molecule has 2 aliphatic heterocycles. The molecule has 3 aromatic carbocycles. The largest absolute Gasteiger partial charge is 0.496 e. The van der Waals surface area contributed by atoms with Gasteiger partial charge in [0.25, 0.3) is 11.5 Å². The van der Waals surface area contributed by atoms with E-state index < -0.39 is 17.6 Å². The molecule has 0 fully saturated rings. The van der Waals surface area contributed by atoms with Crippen LogP contribution in [-0.4, -0.2) is 29.7 Å². The number of carbonyl (C=O) groups is 2. The molecule has 0 aliphatic carbocycles. The molecule has 0 spiro atoms. The minimum atomic E-state index is -0.892. The molecule has 0 N–H and O–H groups in total. The first kappa shape index (κ1) is 28.8. The van der Waals surface area contributed by atoms with Crippen LogP contribution in [0.25, 0.3) is 5.57 Å². The van der Waals surface area contributed by atoms with Crippen molar-refractivity contribution in [3.8, 4) is 5.75 Å². The number of hydrogen-bond acceptors (Lipinski definition) is 7. The van der Waals surface area contributed by atoms with Crippen molar-refractivity contribution in [2.24, 2.45) is 4.99 Å². The number of esters is 1. The number of methoxy groups -OCH3 is 1. The maximum atomic E-state index is 14.5. The van der Waals surface area contributed by atoms with Gasteiger partial charge in [-0.15, -0.1) is 0 Å². The fourth-order valence-corrected chi connectivity index (χ4v) is 7.06. The van der Waals surface area contributed by atoms with Crippen LogP contribution in [0.5, 0.6) is 5.75 Å². The number of aromatic nitrogens is 1. The van der Waals surface area contributed by atoms with Crippen LogP contribution in [0.15, 0.2) is 98.3 Å². The van der Waals surface area contributed by atoms with Crippen molar-refractivity contribution in [1.82, 2.24) is 4.57 Å². The Morgan fingerprint density at radius 3 is 2.49 bits per heavy atom. The molecule has 8 nitrogen and oxygen atoms in total. The summed E-state index contributed by atoms with van der Waals surface area (Å²) in [4.78, 5) is 48.9. The Balaban J connectivity index is 1.61. The van der Waals surface area contributed by atoms with Crippen LogP contribution in [0.3, 0.4) is 0 Å². The van der Waals surface area contributed by atoms with E-state index in [2.05, 4.69) is 15.9 Å². The van der Waals surface area contributed by atoms with Crippen molar-refractivity contribution in [1.29, 1.82) is 0 Å². The summed E-state index contributed by atoms with van der Waals surface area (Å²) < 4.78 is 13.8. The number of thiazole rings is 1. The van der Waals surface area contributed by atoms with Gasteiger partial charge in [0.05, 0.1) is 42.3 Å². The molecule has 10 heteroatoms. The molecule has 1 amide bonds. The lowest BCUT2D eigenvalue weighted by Gasteiger charge is -2.26. The number of ether oxygens (including phenoxy) is 2. The second-order valence-electron chi connectivity index (χ2n) is 10.5. The molecular weight excluding hydrogens is 630 g/mol. The fraction of sp³-hybridized carbons (Fsp3) is 0.212. The molecule has 0 saturated carbocycles. The Morgan fingerprint density at radius 1 is 1.05 bits per heavy atom. The quantitative estimate of drug-likeness (QED) is 0.276. The fourth-order valence-electron chi connectivity index (χ4n) is 5.55. The van der Waals surface area contributed by atoms with Crippen LogP contribution in [0.2, 0.25) is 0 Å². The molecule has 0 saturated heterocycles. The predicted molar refractivity (Wildman–Crippen MR) is 169 cm³/mol. The maximum Gasteiger partial charge on any atom is 0.338 e.